The van der Waals surface area contributed by atoms with Crippen molar-refractivity contribution < 1.29 is 4.74 Å². The SMILES string of the molecule is CC1=CCC(C2OCC3C(C)C=C(C)C2C3C)CC1. The molecule has 0 aromatic heterocycles. The van der Waals surface area contributed by atoms with Gasteiger partial charge in [0.25, 0.3) is 0 Å². The minimum atomic E-state index is 0.472. The first kappa shape index (κ1) is 13.4. The van der Waals surface area contributed by atoms with Crippen molar-refractivity contribution in [1.29, 1.82) is 0 Å². The number of ether oxygens (including phenoxy) is 1. The average Bonchev–Trinajstić information content (AvgIpc) is 2.37. The van der Waals surface area contributed by atoms with Crippen LogP contribution in [0.1, 0.15) is 47.0 Å². The van der Waals surface area contributed by atoms with Gasteiger partial charge < -0.3 is 4.74 Å². The predicted molar refractivity (Wildman–Crippen MR) is 79.9 cm³/mol. The van der Waals surface area contributed by atoms with Gasteiger partial charge in [-0.05, 0) is 56.8 Å². The summed E-state index contributed by atoms with van der Waals surface area (Å²) in [5, 5.41) is 0. The Hall–Kier alpha value is -0.560. The zero-order valence-electron chi connectivity index (χ0n) is 12.9. The molecule has 19 heavy (non-hydrogen) atoms. The van der Waals surface area contributed by atoms with Crippen LogP contribution in [-0.2, 0) is 4.74 Å². The van der Waals surface area contributed by atoms with Gasteiger partial charge in [0.2, 0.25) is 0 Å². The van der Waals surface area contributed by atoms with Crippen LogP contribution in [-0.4, -0.2) is 12.7 Å². The Labute approximate surface area is 118 Å². The van der Waals surface area contributed by atoms with Gasteiger partial charge in [-0.2, -0.15) is 0 Å². The van der Waals surface area contributed by atoms with Crippen LogP contribution in [0.3, 0.4) is 0 Å². The molecular weight excluding hydrogens is 232 g/mol. The van der Waals surface area contributed by atoms with Gasteiger partial charge in [-0.3, -0.25) is 0 Å². The molecule has 0 amide bonds. The maximum Gasteiger partial charge on any atom is 0.0674 e. The van der Waals surface area contributed by atoms with E-state index in [1.165, 1.54) is 19.3 Å². The first-order chi connectivity index (χ1) is 9.08. The van der Waals surface area contributed by atoms with E-state index in [4.69, 9.17) is 4.74 Å². The monoisotopic (exact) mass is 260 g/mol. The number of rotatable bonds is 1. The number of hydrogen-bond donors (Lipinski definition) is 0. The van der Waals surface area contributed by atoms with Crippen molar-refractivity contribution in [3.63, 3.8) is 0 Å². The van der Waals surface area contributed by atoms with Crippen LogP contribution in [0.15, 0.2) is 23.3 Å². The maximum atomic E-state index is 6.36. The van der Waals surface area contributed by atoms with E-state index in [9.17, 15) is 0 Å². The van der Waals surface area contributed by atoms with Crippen LogP contribution in [0.5, 0.6) is 0 Å². The highest BCUT2D eigenvalue weighted by molar-refractivity contribution is 5.18. The lowest BCUT2D eigenvalue weighted by Gasteiger charge is -2.50. The highest BCUT2D eigenvalue weighted by Gasteiger charge is 2.45. The third-order valence-electron chi connectivity index (χ3n) is 5.95. The van der Waals surface area contributed by atoms with Gasteiger partial charge in [-0.1, -0.05) is 37.1 Å². The lowest BCUT2D eigenvalue weighted by molar-refractivity contribution is -0.117. The molecule has 2 bridgehead atoms. The molecule has 1 saturated heterocycles. The molecular formula is C18H28O. The summed E-state index contributed by atoms with van der Waals surface area (Å²) < 4.78 is 6.36. The molecule has 2 aliphatic carbocycles. The fourth-order valence-electron chi connectivity index (χ4n) is 4.71. The lowest BCUT2D eigenvalue weighted by atomic mass is 9.63. The molecule has 1 aliphatic heterocycles. The molecule has 0 radical (unpaired) electrons. The molecule has 3 rings (SSSR count). The summed E-state index contributed by atoms with van der Waals surface area (Å²) in [4.78, 5) is 0. The van der Waals surface area contributed by atoms with Crippen molar-refractivity contribution in [3.8, 4) is 0 Å². The van der Waals surface area contributed by atoms with Crippen molar-refractivity contribution in [2.75, 3.05) is 6.61 Å². The number of fused-ring (bicyclic) bond motifs is 2. The summed E-state index contributed by atoms with van der Waals surface area (Å²) >= 11 is 0. The van der Waals surface area contributed by atoms with Crippen molar-refractivity contribution in [3.05, 3.63) is 23.3 Å². The average molecular weight is 260 g/mol. The topological polar surface area (TPSA) is 9.23 Å². The first-order valence-electron chi connectivity index (χ1n) is 8.03. The number of allylic oxidation sites excluding steroid dienone is 3. The van der Waals surface area contributed by atoms with E-state index in [1.807, 2.05) is 0 Å². The van der Waals surface area contributed by atoms with Gasteiger partial charge in [-0.25, -0.2) is 0 Å². The van der Waals surface area contributed by atoms with E-state index < -0.39 is 0 Å². The minimum absolute atomic E-state index is 0.472. The quantitative estimate of drug-likeness (QED) is 0.626. The molecule has 1 fully saturated rings. The molecule has 1 nitrogen and oxygen atoms in total. The summed E-state index contributed by atoms with van der Waals surface area (Å²) in [6.07, 6.45) is 9.26. The van der Waals surface area contributed by atoms with Crippen molar-refractivity contribution in [1.82, 2.24) is 0 Å². The first-order valence-corrected chi connectivity index (χ1v) is 8.03. The van der Waals surface area contributed by atoms with E-state index in [0.29, 0.717) is 17.9 Å². The van der Waals surface area contributed by atoms with E-state index >= 15 is 0 Å². The molecule has 0 aromatic rings. The second-order valence-electron chi connectivity index (χ2n) is 7.20. The Bertz CT molecular complexity index is 406. The van der Waals surface area contributed by atoms with Crippen molar-refractivity contribution in [2.24, 2.45) is 29.6 Å². The van der Waals surface area contributed by atoms with E-state index in [-0.39, 0.29) is 0 Å². The summed E-state index contributed by atoms with van der Waals surface area (Å²) in [7, 11) is 0. The highest BCUT2D eigenvalue weighted by atomic mass is 16.5. The van der Waals surface area contributed by atoms with Gasteiger partial charge in [0, 0.05) is 5.92 Å². The minimum Gasteiger partial charge on any atom is -0.377 e. The van der Waals surface area contributed by atoms with Gasteiger partial charge >= 0.3 is 0 Å². The fourth-order valence-corrected chi connectivity index (χ4v) is 4.71. The van der Waals surface area contributed by atoms with Gasteiger partial charge in [0.15, 0.2) is 0 Å². The number of hydrogen-bond acceptors (Lipinski definition) is 1. The zero-order chi connectivity index (χ0) is 13.6. The van der Waals surface area contributed by atoms with Crippen LogP contribution < -0.4 is 0 Å². The van der Waals surface area contributed by atoms with E-state index in [1.54, 1.807) is 11.1 Å². The van der Waals surface area contributed by atoms with Crippen molar-refractivity contribution >= 4 is 0 Å². The Morgan fingerprint density at radius 3 is 2.68 bits per heavy atom. The van der Waals surface area contributed by atoms with Crippen LogP contribution in [0.4, 0.5) is 0 Å². The standard InChI is InChI=1S/C18H28O/c1-11-5-7-15(8-6-11)18-17-13(3)9-12(2)16(10-19-18)14(17)4/h5,9,12,14-18H,6-8,10H2,1-4H3. The van der Waals surface area contributed by atoms with Gasteiger partial charge in [-0.15, -0.1) is 0 Å². The Kier molecular flexibility index (Phi) is 3.59. The van der Waals surface area contributed by atoms with Crippen LogP contribution in [0.25, 0.3) is 0 Å². The summed E-state index contributed by atoms with van der Waals surface area (Å²) in [6.45, 7) is 10.4. The molecule has 1 heterocycles. The molecule has 0 N–H and O–H groups in total. The fraction of sp³-hybridized carbons (Fsp3) is 0.778. The zero-order valence-corrected chi connectivity index (χ0v) is 12.9. The summed E-state index contributed by atoms with van der Waals surface area (Å²) in [5.74, 6) is 3.65. The molecule has 1 heteroatoms. The summed E-state index contributed by atoms with van der Waals surface area (Å²) in [5.41, 5.74) is 3.16. The lowest BCUT2D eigenvalue weighted by Crippen LogP contribution is -2.49. The third kappa shape index (κ3) is 2.31. The molecule has 0 spiro atoms. The predicted octanol–water partition coefficient (Wildman–Crippen LogP) is 4.60. The highest BCUT2D eigenvalue weighted by Crippen LogP contribution is 2.47. The Morgan fingerprint density at radius 1 is 1.21 bits per heavy atom. The molecule has 3 aliphatic rings. The van der Waals surface area contributed by atoms with Gasteiger partial charge in [0.1, 0.15) is 0 Å². The van der Waals surface area contributed by atoms with Gasteiger partial charge in [0.05, 0.1) is 12.7 Å². The van der Waals surface area contributed by atoms with E-state index in [2.05, 4.69) is 39.8 Å². The van der Waals surface area contributed by atoms with Crippen LogP contribution in [0.2, 0.25) is 0 Å². The second-order valence-corrected chi connectivity index (χ2v) is 7.20. The normalized spacial score (nSPS) is 46.5. The Morgan fingerprint density at radius 2 is 2.00 bits per heavy atom. The smallest absolute Gasteiger partial charge is 0.0674 e. The molecule has 106 valence electrons. The van der Waals surface area contributed by atoms with Crippen LogP contribution in [0, 0.1) is 29.6 Å². The van der Waals surface area contributed by atoms with E-state index in [0.717, 1.165) is 24.4 Å². The maximum absolute atomic E-state index is 6.36. The van der Waals surface area contributed by atoms with Crippen molar-refractivity contribution in [2.45, 2.75) is 53.1 Å². The largest absolute Gasteiger partial charge is 0.377 e. The van der Waals surface area contributed by atoms with Crippen LogP contribution >= 0.6 is 0 Å². The molecule has 6 unspecified atom stereocenters. The Balaban J connectivity index is 1.82. The molecule has 0 aromatic carbocycles. The second kappa shape index (κ2) is 5.09. The summed E-state index contributed by atoms with van der Waals surface area (Å²) in [6, 6.07) is 0. The third-order valence-corrected chi connectivity index (χ3v) is 5.95. The molecule has 6 atom stereocenters. The molecule has 0 saturated carbocycles.